The zero-order valence-corrected chi connectivity index (χ0v) is 5.34. The Balaban J connectivity index is 4.19. The van der Waals surface area contributed by atoms with Gasteiger partial charge in [0, 0.05) is 0 Å². The molecule has 3 nitrogen and oxygen atoms in total. The molecule has 9 heavy (non-hydrogen) atoms. The number of carbonyl (C=O) groups is 1. The highest BCUT2D eigenvalue weighted by molar-refractivity contribution is 5.82. The minimum absolute atomic E-state index is 0.815. The number of hydrogen-bond donors (Lipinski definition) is 1. The molecule has 0 aromatic carbocycles. The van der Waals surface area contributed by atoms with E-state index in [0.29, 0.717) is 0 Å². The second-order valence-corrected chi connectivity index (χ2v) is 1.71. The molecule has 0 spiro atoms. The SMILES string of the molecule is C#C[C@@](C)(O)C(=O)OC. The second-order valence-electron chi connectivity index (χ2n) is 1.71. The molecular weight excluding hydrogens is 120 g/mol. The van der Waals surface area contributed by atoms with E-state index in [1.807, 2.05) is 5.92 Å². The Morgan fingerprint density at radius 3 is 2.44 bits per heavy atom. The molecule has 50 valence electrons. The predicted molar refractivity (Wildman–Crippen MR) is 31.5 cm³/mol. The van der Waals surface area contributed by atoms with E-state index in [9.17, 15) is 4.79 Å². The predicted octanol–water partition coefficient (Wildman–Crippen LogP) is -0.456. The van der Waals surface area contributed by atoms with Crippen LogP contribution in [-0.4, -0.2) is 23.8 Å². The van der Waals surface area contributed by atoms with Gasteiger partial charge in [-0.05, 0) is 6.92 Å². The maximum absolute atomic E-state index is 10.4. The lowest BCUT2D eigenvalue weighted by Gasteiger charge is -2.11. The van der Waals surface area contributed by atoms with Crippen LogP contribution in [-0.2, 0) is 9.53 Å². The van der Waals surface area contributed by atoms with Crippen molar-refractivity contribution in [2.24, 2.45) is 0 Å². The number of carbonyl (C=O) groups excluding carboxylic acids is 1. The molecule has 0 unspecified atom stereocenters. The molecule has 0 rings (SSSR count). The van der Waals surface area contributed by atoms with E-state index in [-0.39, 0.29) is 0 Å². The number of ether oxygens (including phenoxy) is 1. The molecule has 0 aliphatic rings. The first-order valence-electron chi connectivity index (χ1n) is 2.33. The van der Waals surface area contributed by atoms with Crippen LogP contribution in [0.1, 0.15) is 6.92 Å². The summed E-state index contributed by atoms with van der Waals surface area (Å²) < 4.78 is 4.17. The molecule has 0 bridgehead atoms. The van der Waals surface area contributed by atoms with E-state index < -0.39 is 11.6 Å². The van der Waals surface area contributed by atoms with Gasteiger partial charge in [-0.2, -0.15) is 0 Å². The minimum atomic E-state index is -1.78. The van der Waals surface area contributed by atoms with Crippen LogP contribution in [0.2, 0.25) is 0 Å². The van der Waals surface area contributed by atoms with Crippen molar-refractivity contribution in [2.45, 2.75) is 12.5 Å². The molecule has 3 heteroatoms. The number of aliphatic hydroxyl groups is 1. The van der Waals surface area contributed by atoms with Gasteiger partial charge < -0.3 is 9.84 Å². The third kappa shape index (κ3) is 1.74. The molecule has 0 aliphatic carbocycles. The van der Waals surface area contributed by atoms with Gasteiger partial charge in [0.15, 0.2) is 0 Å². The van der Waals surface area contributed by atoms with Crippen molar-refractivity contribution in [1.82, 2.24) is 0 Å². The Morgan fingerprint density at radius 1 is 1.89 bits per heavy atom. The largest absolute Gasteiger partial charge is 0.466 e. The average molecular weight is 128 g/mol. The molecule has 1 atom stereocenters. The zero-order chi connectivity index (χ0) is 7.49. The molecule has 0 aromatic rings. The van der Waals surface area contributed by atoms with Gasteiger partial charge in [-0.15, -0.1) is 6.42 Å². The number of esters is 1. The topological polar surface area (TPSA) is 46.5 Å². The molecule has 1 N–H and O–H groups in total. The number of methoxy groups -OCH3 is 1. The Kier molecular flexibility index (Phi) is 2.23. The lowest BCUT2D eigenvalue weighted by atomic mass is 10.1. The van der Waals surface area contributed by atoms with Gasteiger partial charge in [-0.25, -0.2) is 4.79 Å². The smallest absolute Gasteiger partial charge is 0.350 e. The molecule has 0 radical (unpaired) electrons. The first-order chi connectivity index (χ1) is 4.04. The van der Waals surface area contributed by atoms with Crippen molar-refractivity contribution in [3.63, 3.8) is 0 Å². The van der Waals surface area contributed by atoms with Gasteiger partial charge in [-0.1, -0.05) is 5.92 Å². The molecule has 0 amide bonds. The van der Waals surface area contributed by atoms with Crippen LogP contribution in [0.4, 0.5) is 0 Å². The Hall–Kier alpha value is -1.01. The highest BCUT2D eigenvalue weighted by Crippen LogP contribution is 2.01. The van der Waals surface area contributed by atoms with Crippen molar-refractivity contribution in [1.29, 1.82) is 0 Å². The second kappa shape index (κ2) is 2.51. The van der Waals surface area contributed by atoms with Gasteiger partial charge in [-0.3, -0.25) is 0 Å². The van der Waals surface area contributed by atoms with E-state index in [2.05, 4.69) is 4.74 Å². The highest BCUT2D eigenvalue weighted by Gasteiger charge is 2.27. The summed E-state index contributed by atoms with van der Waals surface area (Å²) in [5.74, 6) is 1.06. The first-order valence-corrected chi connectivity index (χ1v) is 2.33. The van der Waals surface area contributed by atoms with Crippen LogP contribution < -0.4 is 0 Å². The van der Waals surface area contributed by atoms with Gasteiger partial charge >= 0.3 is 5.97 Å². The number of hydrogen-bond acceptors (Lipinski definition) is 3. The zero-order valence-electron chi connectivity index (χ0n) is 5.34. The summed E-state index contributed by atoms with van der Waals surface area (Å²) in [6.45, 7) is 1.19. The summed E-state index contributed by atoms with van der Waals surface area (Å²) in [5, 5.41) is 8.88. The lowest BCUT2D eigenvalue weighted by molar-refractivity contribution is -0.154. The van der Waals surface area contributed by atoms with E-state index in [1.54, 1.807) is 0 Å². The van der Waals surface area contributed by atoms with Gasteiger partial charge in [0.2, 0.25) is 5.60 Å². The summed E-state index contributed by atoms with van der Waals surface area (Å²) in [5.41, 5.74) is -1.78. The van der Waals surface area contributed by atoms with E-state index in [4.69, 9.17) is 11.5 Å². The molecule has 0 saturated carbocycles. The normalized spacial score (nSPS) is 15.3. The summed E-state index contributed by atoms with van der Waals surface area (Å²) in [7, 11) is 1.16. The van der Waals surface area contributed by atoms with Gasteiger partial charge in [0.1, 0.15) is 0 Å². The summed E-state index contributed by atoms with van der Waals surface area (Å²) in [6.07, 6.45) is 4.78. The lowest BCUT2D eigenvalue weighted by Crippen LogP contribution is -2.34. The molecule has 0 aromatic heterocycles. The number of terminal acetylenes is 1. The van der Waals surface area contributed by atoms with Crippen LogP contribution in [0.15, 0.2) is 0 Å². The maximum Gasteiger partial charge on any atom is 0.350 e. The quantitative estimate of drug-likeness (QED) is 0.384. The van der Waals surface area contributed by atoms with Crippen LogP contribution in [0.25, 0.3) is 0 Å². The van der Waals surface area contributed by atoms with Gasteiger partial charge in [0.05, 0.1) is 7.11 Å². The van der Waals surface area contributed by atoms with Crippen molar-refractivity contribution in [2.75, 3.05) is 7.11 Å². The Bertz CT molecular complexity index is 152. The third-order valence-corrected chi connectivity index (χ3v) is 0.864. The molecule has 0 fully saturated rings. The summed E-state index contributed by atoms with van der Waals surface area (Å²) in [6, 6.07) is 0. The molecule has 0 aliphatic heterocycles. The standard InChI is InChI=1S/C6H8O3/c1-4-6(2,8)5(7)9-3/h1,8H,2-3H3/t6-/m1/s1. The van der Waals surface area contributed by atoms with Crippen LogP contribution >= 0.6 is 0 Å². The highest BCUT2D eigenvalue weighted by atomic mass is 16.5. The van der Waals surface area contributed by atoms with Crippen molar-refractivity contribution >= 4 is 5.97 Å². The number of rotatable bonds is 1. The van der Waals surface area contributed by atoms with Crippen LogP contribution in [0, 0.1) is 12.3 Å². The Labute approximate surface area is 53.6 Å². The average Bonchev–Trinajstić information content (AvgIpc) is 1.86. The maximum atomic E-state index is 10.4. The van der Waals surface area contributed by atoms with E-state index >= 15 is 0 Å². The fourth-order valence-corrected chi connectivity index (χ4v) is 0.258. The van der Waals surface area contributed by atoms with Gasteiger partial charge in [0.25, 0.3) is 0 Å². The monoisotopic (exact) mass is 128 g/mol. The minimum Gasteiger partial charge on any atom is -0.466 e. The van der Waals surface area contributed by atoms with Crippen molar-refractivity contribution in [3.05, 3.63) is 0 Å². The molecule has 0 heterocycles. The first kappa shape index (κ1) is 7.99. The van der Waals surface area contributed by atoms with E-state index in [1.165, 1.54) is 6.92 Å². The van der Waals surface area contributed by atoms with Crippen molar-refractivity contribution in [3.8, 4) is 12.3 Å². The summed E-state index contributed by atoms with van der Waals surface area (Å²) >= 11 is 0. The Morgan fingerprint density at radius 2 is 2.33 bits per heavy atom. The van der Waals surface area contributed by atoms with E-state index in [0.717, 1.165) is 7.11 Å². The molecule has 0 saturated heterocycles. The summed E-state index contributed by atoms with van der Waals surface area (Å²) in [4.78, 5) is 10.4. The van der Waals surface area contributed by atoms with Crippen LogP contribution in [0.5, 0.6) is 0 Å². The van der Waals surface area contributed by atoms with Crippen molar-refractivity contribution < 1.29 is 14.6 Å². The van der Waals surface area contributed by atoms with Crippen LogP contribution in [0.3, 0.4) is 0 Å². The fraction of sp³-hybridized carbons (Fsp3) is 0.500. The third-order valence-electron chi connectivity index (χ3n) is 0.864. The molecular formula is C6H8O3. The fourth-order valence-electron chi connectivity index (χ4n) is 0.258.